The predicted molar refractivity (Wildman–Crippen MR) is 81.4 cm³/mol. The Labute approximate surface area is 120 Å². The van der Waals surface area contributed by atoms with Gasteiger partial charge < -0.3 is 9.47 Å². The molecule has 0 saturated carbocycles. The van der Waals surface area contributed by atoms with Gasteiger partial charge in [0.05, 0.1) is 12.7 Å². The van der Waals surface area contributed by atoms with Gasteiger partial charge in [-0.05, 0) is 19.3 Å². The van der Waals surface area contributed by atoms with Crippen molar-refractivity contribution in [3.05, 3.63) is 0 Å². The van der Waals surface area contributed by atoms with Crippen LogP contribution in [0.1, 0.15) is 90.9 Å². The van der Waals surface area contributed by atoms with E-state index in [0.29, 0.717) is 6.10 Å². The van der Waals surface area contributed by atoms with Crippen molar-refractivity contribution in [3.8, 4) is 0 Å². The molecule has 2 heteroatoms. The molecule has 0 aromatic heterocycles. The normalized spacial score (nSPS) is 23.1. The Balaban J connectivity index is 1.85. The van der Waals surface area contributed by atoms with E-state index in [1.807, 2.05) is 0 Å². The van der Waals surface area contributed by atoms with Crippen LogP contribution in [0, 0.1) is 0 Å². The molecule has 1 aliphatic rings. The Kier molecular flexibility index (Phi) is 10.5. The second kappa shape index (κ2) is 11.7. The van der Waals surface area contributed by atoms with Crippen molar-refractivity contribution in [1.82, 2.24) is 0 Å². The van der Waals surface area contributed by atoms with Crippen LogP contribution in [0.2, 0.25) is 0 Å². The van der Waals surface area contributed by atoms with E-state index in [9.17, 15) is 0 Å². The summed E-state index contributed by atoms with van der Waals surface area (Å²) < 4.78 is 11.6. The highest BCUT2D eigenvalue weighted by atomic mass is 16.7. The van der Waals surface area contributed by atoms with Crippen LogP contribution < -0.4 is 0 Å². The quantitative estimate of drug-likeness (QED) is 0.439. The van der Waals surface area contributed by atoms with Crippen LogP contribution in [0.25, 0.3) is 0 Å². The third-order valence-electron chi connectivity index (χ3n) is 3.99. The lowest BCUT2D eigenvalue weighted by Gasteiger charge is -2.10. The summed E-state index contributed by atoms with van der Waals surface area (Å²) >= 11 is 0. The molecule has 2 atom stereocenters. The van der Waals surface area contributed by atoms with Crippen LogP contribution in [0.5, 0.6) is 0 Å². The summed E-state index contributed by atoms with van der Waals surface area (Å²) in [4.78, 5) is 0. The Bertz CT molecular complexity index is 194. The molecule has 0 bridgehead atoms. The van der Waals surface area contributed by atoms with Gasteiger partial charge in [0.15, 0.2) is 6.29 Å². The zero-order valence-corrected chi connectivity index (χ0v) is 13.2. The van der Waals surface area contributed by atoms with Crippen LogP contribution in [-0.4, -0.2) is 19.0 Å². The monoisotopic (exact) mass is 270 g/mol. The van der Waals surface area contributed by atoms with Crippen molar-refractivity contribution >= 4 is 0 Å². The maximum atomic E-state index is 5.90. The Hall–Kier alpha value is -0.0800. The van der Waals surface area contributed by atoms with Gasteiger partial charge in [0, 0.05) is 0 Å². The van der Waals surface area contributed by atoms with Gasteiger partial charge in [0.1, 0.15) is 0 Å². The first-order chi connectivity index (χ1) is 9.36. The molecule has 1 saturated heterocycles. The van der Waals surface area contributed by atoms with E-state index < -0.39 is 0 Å². The number of unbranched alkanes of at least 4 members (excludes halogenated alkanes) is 8. The number of ether oxygens (including phenoxy) is 2. The molecule has 2 unspecified atom stereocenters. The molecule has 0 aromatic carbocycles. The number of hydrogen-bond donors (Lipinski definition) is 0. The first-order valence-corrected chi connectivity index (χ1v) is 8.63. The van der Waals surface area contributed by atoms with Crippen molar-refractivity contribution in [3.63, 3.8) is 0 Å². The Morgan fingerprint density at radius 1 is 0.737 bits per heavy atom. The van der Waals surface area contributed by atoms with Crippen LogP contribution in [0.4, 0.5) is 0 Å². The van der Waals surface area contributed by atoms with E-state index in [1.165, 1.54) is 70.6 Å². The zero-order valence-electron chi connectivity index (χ0n) is 13.2. The van der Waals surface area contributed by atoms with E-state index in [-0.39, 0.29) is 6.29 Å². The molecule has 0 N–H and O–H groups in total. The topological polar surface area (TPSA) is 18.5 Å². The fourth-order valence-corrected chi connectivity index (χ4v) is 2.69. The molecule has 19 heavy (non-hydrogen) atoms. The second-order valence-corrected chi connectivity index (χ2v) is 5.93. The third-order valence-corrected chi connectivity index (χ3v) is 3.99. The van der Waals surface area contributed by atoms with Crippen LogP contribution >= 0.6 is 0 Å². The summed E-state index contributed by atoms with van der Waals surface area (Å²) in [5, 5.41) is 0. The molecule has 1 heterocycles. The SMILES string of the molecule is CCCCCCCCCCC1COC(CCCC)O1. The van der Waals surface area contributed by atoms with Crippen molar-refractivity contribution in [2.75, 3.05) is 6.61 Å². The molecule has 1 fully saturated rings. The number of hydrogen-bond acceptors (Lipinski definition) is 2. The van der Waals surface area contributed by atoms with Crippen LogP contribution in [0.3, 0.4) is 0 Å². The lowest BCUT2D eigenvalue weighted by molar-refractivity contribution is -0.0641. The summed E-state index contributed by atoms with van der Waals surface area (Å²) in [5.74, 6) is 0. The Morgan fingerprint density at radius 2 is 1.37 bits per heavy atom. The first kappa shape index (κ1) is 17.0. The summed E-state index contributed by atoms with van der Waals surface area (Å²) in [7, 11) is 0. The summed E-state index contributed by atoms with van der Waals surface area (Å²) in [5.41, 5.74) is 0. The maximum Gasteiger partial charge on any atom is 0.158 e. The molecule has 114 valence electrons. The highest BCUT2D eigenvalue weighted by Crippen LogP contribution is 2.21. The molecule has 0 radical (unpaired) electrons. The minimum absolute atomic E-state index is 0.0963. The molecule has 0 spiro atoms. The van der Waals surface area contributed by atoms with E-state index in [1.54, 1.807) is 0 Å². The minimum atomic E-state index is 0.0963. The standard InChI is InChI=1S/C17H34O2/c1-3-5-7-8-9-10-11-12-13-16-15-18-17(19-16)14-6-4-2/h16-17H,3-15H2,1-2H3. The smallest absolute Gasteiger partial charge is 0.158 e. The van der Waals surface area contributed by atoms with Gasteiger partial charge in [0.25, 0.3) is 0 Å². The number of rotatable bonds is 12. The highest BCUT2D eigenvalue weighted by Gasteiger charge is 2.24. The summed E-state index contributed by atoms with van der Waals surface area (Å²) in [6.45, 7) is 5.31. The first-order valence-electron chi connectivity index (χ1n) is 8.63. The van der Waals surface area contributed by atoms with Gasteiger partial charge in [-0.25, -0.2) is 0 Å². The van der Waals surface area contributed by atoms with E-state index in [0.717, 1.165) is 13.0 Å². The highest BCUT2D eigenvalue weighted by molar-refractivity contribution is 4.65. The van der Waals surface area contributed by atoms with Gasteiger partial charge in [-0.15, -0.1) is 0 Å². The van der Waals surface area contributed by atoms with Crippen molar-refractivity contribution in [2.45, 2.75) is 103 Å². The molecule has 0 amide bonds. The molecular weight excluding hydrogens is 236 g/mol. The zero-order chi connectivity index (χ0) is 13.8. The van der Waals surface area contributed by atoms with E-state index in [4.69, 9.17) is 9.47 Å². The molecule has 1 rings (SSSR count). The van der Waals surface area contributed by atoms with Gasteiger partial charge in [0.2, 0.25) is 0 Å². The largest absolute Gasteiger partial charge is 0.350 e. The van der Waals surface area contributed by atoms with Crippen molar-refractivity contribution < 1.29 is 9.47 Å². The van der Waals surface area contributed by atoms with E-state index in [2.05, 4.69) is 13.8 Å². The molecule has 1 aliphatic heterocycles. The maximum absolute atomic E-state index is 5.90. The van der Waals surface area contributed by atoms with Gasteiger partial charge >= 0.3 is 0 Å². The van der Waals surface area contributed by atoms with E-state index >= 15 is 0 Å². The molecule has 0 aromatic rings. The Morgan fingerprint density at radius 3 is 2.05 bits per heavy atom. The molecular formula is C17H34O2. The van der Waals surface area contributed by atoms with Crippen LogP contribution in [-0.2, 0) is 9.47 Å². The lowest BCUT2D eigenvalue weighted by atomic mass is 10.1. The summed E-state index contributed by atoms with van der Waals surface area (Å²) in [6.07, 6.45) is 16.3. The lowest BCUT2D eigenvalue weighted by Crippen LogP contribution is -2.12. The average Bonchev–Trinajstić information content (AvgIpc) is 2.87. The van der Waals surface area contributed by atoms with Gasteiger partial charge in [-0.2, -0.15) is 0 Å². The molecule has 0 aliphatic carbocycles. The third kappa shape index (κ3) is 8.65. The minimum Gasteiger partial charge on any atom is -0.350 e. The van der Waals surface area contributed by atoms with Gasteiger partial charge in [-0.1, -0.05) is 71.6 Å². The predicted octanol–water partition coefficient (Wildman–Crippen LogP) is 5.45. The molecule has 2 nitrogen and oxygen atoms in total. The fourth-order valence-electron chi connectivity index (χ4n) is 2.69. The van der Waals surface area contributed by atoms with Crippen LogP contribution in [0.15, 0.2) is 0 Å². The fraction of sp³-hybridized carbons (Fsp3) is 1.00. The van der Waals surface area contributed by atoms with Gasteiger partial charge in [-0.3, -0.25) is 0 Å². The van der Waals surface area contributed by atoms with Crippen molar-refractivity contribution in [2.24, 2.45) is 0 Å². The average molecular weight is 270 g/mol. The summed E-state index contributed by atoms with van der Waals surface area (Å²) in [6, 6.07) is 0. The van der Waals surface area contributed by atoms with Crippen molar-refractivity contribution in [1.29, 1.82) is 0 Å². The second-order valence-electron chi connectivity index (χ2n) is 5.93.